The van der Waals surface area contributed by atoms with Gasteiger partial charge in [-0.05, 0) is 37.1 Å². The highest BCUT2D eigenvalue weighted by atomic mass is 19.1. The van der Waals surface area contributed by atoms with Crippen molar-refractivity contribution in [1.82, 2.24) is 10.1 Å². The van der Waals surface area contributed by atoms with Crippen molar-refractivity contribution in [3.8, 4) is 5.75 Å². The average Bonchev–Trinajstić information content (AvgIpc) is 3.30. The third kappa shape index (κ3) is 4.77. The molecule has 1 saturated carbocycles. The van der Waals surface area contributed by atoms with E-state index in [0.29, 0.717) is 24.0 Å². The van der Waals surface area contributed by atoms with Crippen molar-refractivity contribution in [2.45, 2.75) is 31.6 Å². The molecule has 0 spiro atoms. The summed E-state index contributed by atoms with van der Waals surface area (Å²) in [5.74, 6) is 1.49. The first-order chi connectivity index (χ1) is 11.2. The number of carbonyl (C=O) groups excluding carboxylic acids is 1. The minimum atomic E-state index is -0.348. The standard InChI is InChI=1S/C16H17FN2O4/c17-12-3-5-13(6-4-12)21-9-10-22-15(20)8-7-14-18-16(19-23-14)11-1-2-11/h3-6,11H,1-2,7-10H2. The van der Waals surface area contributed by atoms with Gasteiger partial charge in [0.05, 0.1) is 6.42 Å². The Morgan fingerprint density at radius 2 is 2.04 bits per heavy atom. The highest BCUT2D eigenvalue weighted by Crippen LogP contribution is 2.38. The Hall–Kier alpha value is -2.44. The van der Waals surface area contributed by atoms with Crippen LogP contribution in [0.3, 0.4) is 0 Å². The number of carbonyl (C=O) groups is 1. The van der Waals surface area contributed by atoms with Crippen LogP contribution in [-0.4, -0.2) is 29.3 Å². The third-order valence-corrected chi connectivity index (χ3v) is 3.40. The van der Waals surface area contributed by atoms with Crippen LogP contribution in [0, 0.1) is 5.82 Å². The van der Waals surface area contributed by atoms with E-state index in [2.05, 4.69) is 10.1 Å². The van der Waals surface area contributed by atoms with E-state index in [-0.39, 0.29) is 31.4 Å². The summed E-state index contributed by atoms with van der Waals surface area (Å²) in [7, 11) is 0. The maximum atomic E-state index is 12.7. The van der Waals surface area contributed by atoms with Crippen LogP contribution in [0.4, 0.5) is 4.39 Å². The van der Waals surface area contributed by atoms with Crippen molar-refractivity contribution in [2.24, 2.45) is 0 Å². The van der Waals surface area contributed by atoms with E-state index in [1.165, 1.54) is 24.3 Å². The van der Waals surface area contributed by atoms with E-state index in [9.17, 15) is 9.18 Å². The highest BCUT2D eigenvalue weighted by molar-refractivity contribution is 5.69. The quantitative estimate of drug-likeness (QED) is 0.550. The smallest absolute Gasteiger partial charge is 0.306 e. The van der Waals surface area contributed by atoms with E-state index >= 15 is 0 Å². The summed E-state index contributed by atoms with van der Waals surface area (Å²) < 4.78 is 28.2. The fourth-order valence-electron chi connectivity index (χ4n) is 2.00. The minimum Gasteiger partial charge on any atom is -0.490 e. The van der Waals surface area contributed by atoms with Crippen LogP contribution >= 0.6 is 0 Å². The van der Waals surface area contributed by atoms with Crippen LogP contribution in [0.2, 0.25) is 0 Å². The van der Waals surface area contributed by atoms with Gasteiger partial charge in [0.2, 0.25) is 5.89 Å². The number of esters is 1. The fourth-order valence-corrected chi connectivity index (χ4v) is 2.00. The Morgan fingerprint density at radius 3 is 2.78 bits per heavy atom. The lowest BCUT2D eigenvalue weighted by Crippen LogP contribution is -2.12. The molecule has 0 N–H and O–H groups in total. The summed E-state index contributed by atoms with van der Waals surface area (Å²) in [5, 5.41) is 3.89. The predicted octanol–water partition coefficient (Wildman–Crippen LogP) is 2.64. The molecule has 0 amide bonds. The molecule has 1 heterocycles. The van der Waals surface area contributed by atoms with Gasteiger partial charge >= 0.3 is 5.97 Å². The third-order valence-electron chi connectivity index (χ3n) is 3.40. The van der Waals surface area contributed by atoms with Crippen LogP contribution < -0.4 is 4.74 Å². The molecule has 7 heteroatoms. The molecule has 6 nitrogen and oxygen atoms in total. The zero-order valence-electron chi connectivity index (χ0n) is 12.5. The van der Waals surface area contributed by atoms with Gasteiger partial charge in [0.25, 0.3) is 0 Å². The molecule has 1 aromatic heterocycles. The number of aromatic nitrogens is 2. The largest absolute Gasteiger partial charge is 0.490 e. The summed E-state index contributed by atoms with van der Waals surface area (Å²) in [6.07, 6.45) is 2.77. The number of nitrogens with zero attached hydrogens (tertiary/aromatic N) is 2. The van der Waals surface area contributed by atoms with Gasteiger partial charge in [-0.2, -0.15) is 4.98 Å². The van der Waals surface area contributed by atoms with E-state index in [1.807, 2.05) is 0 Å². The van der Waals surface area contributed by atoms with E-state index < -0.39 is 0 Å². The Morgan fingerprint density at radius 1 is 1.26 bits per heavy atom. The lowest BCUT2D eigenvalue weighted by molar-refractivity contribution is -0.144. The van der Waals surface area contributed by atoms with Crippen molar-refractivity contribution in [3.05, 3.63) is 41.8 Å². The number of hydrogen-bond acceptors (Lipinski definition) is 6. The number of halogens is 1. The summed E-state index contributed by atoms with van der Waals surface area (Å²) in [5.41, 5.74) is 0. The zero-order valence-corrected chi connectivity index (χ0v) is 12.5. The molecule has 3 rings (SSSR count). The first-order valence-electron chi connectivity index (χ1n) is 7.57. The maximum absolute atomic E-state index is 12.7. The topological polar surface area (TPSA) is 74.5 Å². The lowest BCUT2D eigenvalue weighted by atomic mass is 10.3. The van der Waals surface area contributed by atoms with Crippen molar-refractivity contribution < 1.29 is 23.2 Å². The van der Waals surface area contributed by atoms with Gasteiger partial charge in [-0.3, -0.25) is 4.79 Å². The van der Waals surface area contributed by atoms with Crippen LogP contribution in [0.5, 0.6) is 5.75 Å². The molecule has 1 aliphatic rings. The fraction of sp³-hybridized carbons (Fsp3) is 0.438. The van der Waals surface area contributed by atoms with Gasteiger partial charge in [0.1, 0.15) is 24.8 Å². The molecule has 1 aromatic carbocycles. The Kier molecular flexibility index (Phi) is 4.85. The molecule has 0 unspecified atom stereocenters. The second-order valence-electron chi connectivity index (χ2n) is 5.34. The first-order valence-corrected chi connectivity index (χ1v) is 7.57. The van der Waals surface area contributed by atoms with Crippen molar-refractivity contribution in [2.75, 3.05) is 13.2 Å². The molecule has 1 aliphatic carbocycles. The van der Waals surface area contributed by atoms with Crippen LogP contribution in [0.25, 0.3) is 0 Å². The highest BCUT2D eigenvalue weighted by Gasteiger charge is 2.28. The predicted molar refractivity (Wildman–Crippen MR) is 77.4 cm³/mol. The summed E-state index contributed by atoms with van der Waals surface area (Å²) >= 11 is 0. The minimum absolute atomic E-state index is 0.132. The molecule has 0 saturated heterocycles. The molecule has 23 heavy (non-hydrogen) atoms. The number of ether oxygens (including phenoxy) is 2. The van der Waals surface area contributed by atoms with Gasteiger partial charge in [-0.15, -0.1) is 0 Å². The Bertz CT molecular complexity index is 652. The molecular formula is C16H17FN2O4. The number of aryl methyl sites for hydroxylation is 1. The van der Waals surface area contributed by atoms with E-state index in [1.54, 1.807) is 0 Å². The van der Waals surface area contributed by atoms with Crippen molar-refractivity contribution >= 4 is 5.97 Å². The molecule has 0 atom stereocenters. The normalized spacial score (nSPS) is 13.8. The molecule has 0 aliphatic heterocycles. The van der Waals surface area contributed by atoms with Gasteiger partial charge in [-0.25, -0.2) is 4.39 Å². The van der Waals surface area contributed by atoms with E-state index in [4.69, 9.17) is 14.0 Å². The zero-order chi connectivity index (χ0) is 16.1. The molecule has 0 bridgehead atoms. The number of benzene rings is 1. The lowest BCUT2D eigenvalue weighted by Gasteiger charge is -2.06. The van der Waals surface area contributed by atoms with Gasteiger partial charge < -0.3 is 14.0 Å². The molecule has 122 valence electrons. The summed E-state index contributed by atoms with van der Waals surface area (Å²) in [6, 6.07) is 5.65. The number of rotatable bonds is 8. The average molecular weight is 320 g/mol. The van der Waals surface area contributed by atoms with Gasteiger partial charge in [0.15, 0.2) is 5.82 Å². The van der Waals surface area contributed by atoms with E-state index in [0.717, 1.165) is 18.7 Å². The molecule has 1 fully saturated rings. The summed E-state index contributed by atoms with van der Waals surface area (Å²) in [4.78, 5) is 15.9. The first kappa shape index (κ1) is 15.5. The molecule has 2 aromatic rings. The second-order valence-corrected chi connectivity index (χ2v) is 5.34. The maximum Gasteiger partial charge on any atom is 0.306 e. The molecular weight excluding hydrogens is 303 g/mol. The van der Waals surface area contributed by atoms with Crippen LogP contribution in [-0.2, 0) is 16.0 Å². The molecule has 0 radical (unpaired) electrons. The van der Waals surface area contributed by atoms with Crippen LogP contribution in [0.15, 0.2) is 28.8 Å². The monoisotopic (exact) mass is 320 g/mol. The van der Waals surface area contributed by atoms with Gasteiger partial charge in [0, 0.05) is 12.3 Å². The Labute approximate surface area is 132 Å². The van der Waals surface area contributed by atoms with Crippen molar-refractivity contribution in [3.63, 3.8) is 0 Å². The number of hydrogen-bond donors (Lipinski definition) is 0. The van der Waals surface area contributed by atoms with Crippen LogP contribution in [0.1, 0.15) is 36.9 Å². The second kappa shape index (κ2) is 7.21. The van der Waals surface area contributed by atoms with Gasteiger partial charge in [-0.1, -0.05) is 5.16 Å². The Balaban J connectivity index is 1.30. The summed E-state index contributed by atoms with van der Waals surface area (Å²) in [6.45, 7) is 0.344. The SMILES string of the molecule is O=C(CCc1nc(C2CC2)no1)OCCOc1ccc(F)cc1. The van der Waals surface area contributed by atoms with Crippen molar-refractivity contribution in [1.29, 1.82) is 0 Å².